The van der Waals surface area contributed by atoms with E-state index in [4.69, 9.17) is 23.2 Å². The molecule has 0 bridgehead atoms. The highest BCUT2D eigenvalue weighted by atomic mass is 79.9. The van der Waals surface area contributed by atoms with Crippen molar-refractivity contribution < 1.29 is 18.0 Å². The lowest BCUT2D eigenvalue weighted by Gasteiger charge is -2.32. The van der Waals surface area contributed by atoms with Gasteiger partial charge in [-0.2, -0.15) is 0 Å². The number of amides is 2. The number of benzene rings is 3. The number of anilines is 1. The fourth-order valence-corrected chi connectivity index (χ4v) is 6.02. The molecule has 3 aromatic rings. The molecule has 3 aromatic carbocycles. The molecule has 0 saturated heterocycles. The second-order valence-electron chi connectivity index (χ2n) is 9.38. The summed E-state index contributed by atoms with van der Waals surface area (Å²) in [5, 5.41) is 3.25. The molecule has 0 aliphatic heterocycles. The number of carbonyl (C=O) groups excluding carboxylic acids is 2. The van der Waals surface area contributed by atoms with Crippen LogP contribution in [0, 0.1) is 5.92 Å². The molecule has 7 nitrogen and oxygen atoms in total. The molecule has 1 unspecified atom stereocenters. The third-order valence-electron chi connectivity index (χ3n) is 5.91. The molecule has 1 atom stereocenters. The predicted molar refractivity (Wildman–Crippen MR) is 159 cm³/mol. The molecule has 3 rings (SSSR count). The number of carbonyl (C=O) groups is 2. The lowest BCUT2D eigenvalue weighted by atomic mass is 10.1. The Morgan fingerprint density at radius 2 is 1.59 bits per heavy atom. The van der Waals surface area contributed by atoms with Crippen LogP contribution < -0.4 is 9.62 Å². The van der Waals surface area contributed by atoms with Gasteiger partial charge in [0, 0.05) is 22.6 Å². The van der Waals surface area contributed by atoms with Crippen molar-refractivity contribution in [2.24, 2.45) is 5.92 Å². The second kappa shape index (κ2) is 13.7. The van der Waals surface area contributed by atoms with Crippen LogP contribution in [0.25, 0.3) is 0 Å². The Kier molecular flexibility index (Phi) is 10.8. The monoisotopic (exact) mass is 653 g/mol. The van der Waals surface area contributed by atoms with E-state index >= 15 is 0 Å². The van der Waals surface area contributed by atoms with E-state index in [1.165, 1.54) is 35.2 Å². The zero-order valence-electron chi connectivity index (χ0n) is 21.8. The Hall–Kier alpha value is -2.59. The van der Waals surface area contributed by atoms with Gasteiger partial charge < -0.3 is 10.2 Å². The van der Waals surface area contributed by atoms with Gasteiger partial charge in [0.05, 0.1) is 15.6 Å². The van der Waals surface area contributed by atoms with E-state index < -0.39 is 28.5 Å². The van der Waals surface area contributed by atoms with Crippen LogP contribution in [0.3, 0.4) is 0 Å². The number of halogens is 3. The molecular formula is C28H30BrCl2N3O4S. The van der Waals surface area contributed by atoms with Gasteiger partial charge in [-0.15, -0.1) is 0 Å². The van der Waals surface area contributed by atoms with Crippen LogP contribution in [0.5, 0.6) is 0 Å². The maximum absolute atomic E-state index is 13.9. The van der Waals surface area contributed by atoms with Crippen LogP contribution in [-0.2, 0) is 26.2 Å². The number of rotatable bonds is 11. The van der Waals surface area contributed by atoms with Crippen molar-refractivity contribution in [3.63, 3.8) is 0 Å². The first-order valence-electron chi connectivity index (χ1n) is 12.2. The Morgan fingerprint density at radius 3 is 2.18 bits per heavy atom. The fraction of sp³-hybridized carbons (Fsp3) is 0.286. The first-order chi connectivity index (χ1) is 18.4. The van der Waals surface area contributed by atoms with E-state index in [-0.39, 0.29) is 34.0 Å². The molecule has 0 fully saturated rings. The highest BCUT2D eigenvalue weighted by Crippen LogP contribution is 2.33. The fourth-order valence-electron chi connectivity index (χ4n) is 3.74. The summed E-state index contributed by atoms with van der Waals surface area (Å²) in [6.45, 7) is 5.51. The number of sulfonamides is 1. The quantitative estimate of drug-likeness (QED) is 0.269. The first-order valence-corrected chi connectivity index (χ1v) is 15.2. The molecule has 0 saturated carbocycles. The summed E-state index contributed by atoms with van der Waals surface area (Å²) >= 11 is 15.9. The van der Waals surface area contributed by atoms with E-state index in [1.54, 1.807) is 25.1 Å². The van der Waals surface area contributed by atoms with Gasteiger partial charge in [-0.1, -0.05) is 83.3 Å². The average Bonchev–Trinajstić information content (AvgIpc) is 2.90. The van der Waals surface area contributed by atoms with Crippen LogP contribution in [-0.4, -0.2) is 44.3 Å². The van der Waals surface area contributed by atoms with Crippen molar-refractivity contribution in [1.82, 2.24) is 10.2 Å². The summed E-state index contributed by atoms with van der Waals surface area (Å²) in [5.41, 5.74) is 0.871. The third-order valence-corrected chi connectivity index (χ3v) is 8.75. The van der Waals surface area contributed by atoms with Gasteiger partial charge in [0.1, 0.15) is 12.6 Å². The van der Waals surface area contributed by atoms with Gasteiger partial charge in [-0.3, -0.25) is 13.9 Å². The minimum atomic E-state index is -4.21. The van der Waals surface area contributed by atoms with E-state index in [2.05, 4.69) is 21.2 Å². The lowest BCUT2D eigenvalue weighted by Crippen LogP contribution is -2.51. The summed E-state index contributed by atoms with van der Waals surface area (Å²) < 4.78 is 29.4. The van der Waals surface area contributed by atoms with Crippen molar-refractivity contribution in [3.05, 3.63) is 92.9 Å². The molecule has 0 aliphatic rings. The van der Waals surface area contributed by atoms with E-state index in [0.717, 1.165) is 14.3 Å². The van der Waals surface area contributed by atoms with Crippen molar-refractivity contribution in [2.75, 3.05) is 17.4 Å². The SMILES string of the molecule is CC(C)CNC(=O)C(C)N(Cc1ccc(Br)cc1)C(=O)CN(c1ccc(Cl)cc1Cl)S(=O)(=O)c1ccccc1. The maximum Gasteiger partial charge on any atom is 0.264 e. The van der Waals surface area contributed by atoms with Gasteiger partial charge in [0.25, 0.3) is 10.0 Å². The minimum absolute atomic E-state index is 0.00833. The van der Waals surface area contributed by atoms with E-state index in [1.807, 2.05) is 38.1 Å². The molecule has 0 heterocycles. The first kappa shape index (κ1) is 30.9. The van der Waals surface area contributed by atoms with Crippen LogP contribution in [0.2, 0.25) is 10.0 Å². The van der Waals surface area contributed by atoms with Gasteiger partial charge in [-0.25, -0.2) is 8.42 Å². The van der Waals surface area contributed by atoms with Gasteiger partial charge in [0.15, 0.2) is 0 Å². The molecule has 0 aliphatic carbocycles. The number of hydrogen-bond acceptors (Lipinski definition) is 4. The zero-order chi connectivity index (χ0) is 28.7. The molecule has 0 spiro atoms. The molecule has 2 amide bonds. The van der Waals surface area contributed by atoms with Crippen molar-refractivity contribution in [2.45, 2.75) is 38.3 Å². The third kappa shape index (κ3) is 8.20. The molecule has 11 heteroatoms. The second-order valence-corrected chi connectivity index (χ2v) is 13.0. The summed E-state index contributed by atoms with van der Waals surface area (Å²) in [7, 11) is -4.21. The van der Waals surface area contributed by atoms with Crippen molar-refractivity contribution in [1.29, 1.82) is 0 Å². The maximum atomic E-state index is 13.9. The normalized spacial score (nSPS) is 12.2. The standard InChI is InChI=1S/C28H30BrCl2N3O4S/c1-19(2)16-32-28(36)20(3)33(17-21-9-11-22(29)12-10-21)27(35)18-34(26-14-13-23(30)15-25(26)31)39(37,38)24-7-5-4-6-8-24/h4-15,19-20H,16-18H2,1-3H3,(H,32,36). The van der Waals surface area contributed by atoms with Crippen LogP contribution in [0.15, 0.2) is 82.2 Å². The lowest BCUT2D eigenvalue weighted by molar-refractivity contribution is -0.139. The Balaban J connectivity index is 2.03. The van der Waals surface area contributed by atoms with E-state index in [0.29, 0.717) is 11.6 Å². The smallest absolute Gasteiger partial charge is 0.264 e. The Labute approximate surface area is 248 Å². The summed E-state index contributed by atoms with van der Waals surface area (Å²) in [6, 6.07) is 18.6. The van der Waals surface area contributed by atoms with Crippen LogP contribution in [0.4, 0.5) is 5.69 Å². The van der Waals surface area contributed by atoms with Crippen LogP contribution in [0.1, 0.15) is 26.3 Å². The summed E-state index contributed by atoms with van der Waals surface area (Å²) in [6.07, 6.45) is 0. The van der Waals surface area contributed by atoms with Gasteiger partial charge in [-0.05, 0) is 60.9 Å². The van der Waals surface area contributed by atoms with Crippen molar-refractivity contribution >= 4 is 66.7 Å². The average molecular weight is 655 g/mol. The number of nitrogens with one attached hydrogen (secondary N) is 1. The van der Waals surface area contributed by atoms with Gasteiger partial charge in [0.2, 0.25) is 11.8 Å². The largest absolute Gasteiger partial charge is 0.354 e. The highest BCUT2D eigenvalue weighted by molar-refractivity contribution is 9.10. The molecular weight excluding hydrogens is 625 g/mol. The molecule has 39 heavy (non-hydrogen) atoms. The Bertz CT molecular complexity index is 1400. The number of nitrogens with zero attached hydrogens (tertiary/aromatic N) is 2. The number of hydrogen-bond donors (Lipinski definition) is 1. The summed E-state index contributed by atoms with van der Waals surface area (Å²) in [4.78, 5) is 28.3. The minimum Gasteiger partial charge on any atom is -0.354 e. The zero-order valence-corrected chi connectivity index (χ0v) is 25.7. The summed E-state index contributed by atoms with van der Waals surface area (Å²) in [5.74, 6) is -0.692. The molecule has 1 N–H and O–H groups in total. The molecule has 0 radical (unpaired) electrons. The van der Waals surface area contributed by atoms with Crippen molar-refractivity contribution in [3.8, 4) is 0 Å². The highest BCUT2D eigenvalue weighted by Gasteiger charge is 2.33. The molecule has 0 aromatic heterocycles. The van der Waals surface area contributed by atoms with Crippen LogP contribution >= 0.6 is 39.1 Å². The topological polar surface area (TPSA) is 86.8 Å². The predicted octanol–water partition coefficient (Wildman–Crippen LogP) is 6.14. The van der Waals surface area contributed by atoms with E-state index in [9.17, 15) is 18.0 Å². The van der Waals surface area contributed by atoms with Gasteiger partial charge >= 0.3 is 0 Å². The Morgan fingerprint density at radius 1 is 0.949 bits per heavy atom. The molecule has 208 valence electrons.